The van der Waals surface area contributed by atoms with Gasteiger partial charge in [-0.2, -0.15) is 12.6 Å². The van der Waals surface area contributed by atoms with E-state index in [2.05, 4.69) is 29.5 Å². The van der Waals surface area contributed by atoms with E-state index >= 15 is 0 Å². The van der Waals surface area contributed by atoms with Gasteiger partial charge in [-0.15, -0.1) is 0 Å². The first kappa shape index (κ1) is 8.49. The van der Waals surface area contributed by atoms with Crippen molar-refractivity contribution >= 4 is 25.2 Å². The predicted molar refractivity (Wildman–Crippen MR) is 42.5 cm³/mol. The van der Waals surface area contributed by atoms with Crippen molar-refractivity contribution < 1.29 is 4.84 Å². The number of aliphatic imine (C=N–C) groups is 1. The lowest BCUT2D eigenvalue weighted by Crippen LogP contribution is -1.91. The first-order valence-electron chi connectivity index (χ1n) is 2.55. The van der Waals surface area contributed by atoms with Crippen LogP contribution in [0, 0.1) is 0 Å². The minimum atomic E-state index is 0.510. The molecule has 52 valence electrons. The predicted octanol–water partition coefficient (Wildman–Crippen LogP) is 0.967. The molecule has 0 rings (SSSR count). The lowest BCUT2D eigenvalue weighted by atomic mass is 10.7. The summed E-state index contributed by atoms with van der Waals surface area (Å²) < 4.78 is 0. The number of hydrogen-bond acceptors (Lipinski definition) is 3. The largest absolute Gasteiger partial charge is 0.393 e. The summed E-state index contributed by atoms with van der Waals surface area (Å²) in [4.78, 5) is 8.22. The van der Waals surface area contributed by atoms with Crippen LogP contribution >= 0.6 is 12.6 Å². The minimum absolute atomic E-state index is 0.510. The third kappa shape index (κ3) is 5.36. The van der Waals surface area contributed by atoms with Gasteiger partial charge in [0, 0.05) is 5.75 Å². The molecule has 0 amide bonds. The van der Waals surface area contributed by atoms with Gasteiger partial charge in [0.25, 0.3) is 0 Å². The fourth-order valence-corrected chi connectivity index (χ4v) is 0.290. The summed E-state index contributed by atoms with van der Waals surface area (Å²) in [7, 11) is 0. The van der Waals surface area contributed by atoms with Crippen LogP contribution in [-0.2, 0) is 4.84 Å². The Hall–Kier alpha value is -0.510. The van der Waals surface area contributed by atoms with Crippen molar-refractivity contribution in [2.45, 2.75) is 6.92 Å². The van der Waals surface area contributed by atoms with Crippen molar-refractivity contribution in [2.75, 3.05) is 12.4 Å². The van der Waals surface area contributed by atoms with Gasteiger partial charge in [0.05, 0.1) is 0 Å². The van der Waals surface area contributed by atoms with Crippen LogP contribution in [0.25, 0.3) is 0 Å². The van der Waals surface area contributed by atoms with E-state index in [-0.39, 0.29) is 0 Å². The highest BCUT2D eigenvalue weighted by Crippen LogP contribution is 1.82. The van der Waals surface area contributed by atoms with Crippen LogP contribution in [0.15, 0.2) is 10.1 Å². The molecule has 0 aliphatic carbocycles. The molecule has 0 saturated carbocycles. The van der Waals surface area contributed by atoms with E-state index in [0.717, 1.165) is 0 Å². The van der Waals surface area contributed by atoms with Crippen molar-refractivity contribution in [1.29, 1.82) is 0 Å². The third-order valence-corrected chi connectivity index (χ3v) is 0.791. The summed E-state index contributed by atoms with van der Waals surface area (Å²) in [5, 5.41) is 3.57. The van der Waals surface area contributed by atoms with Crippen LogP contribution in [0.3, 0.4) is 0 Å². The molecule has 0 unspecified atom stereocenters. The van der Waals surface area contributed by atoms with Crippen LogP contribution in [0.5, 0.6) is 0 Å². The Balaban J connectivity index is 3.31. The normalized spacial score (nSPS) is 11.1. The smallest absolute Gasteiger partial charge is 0.163 e. The molecule has 0 saturated heterocycles. The van der Waals surface area contributed by atoms with Crippen LogP contribution in [-0.4, -0.2) is 24.9 Å². The lowest BCUT2D eigenvalue weighted by Gasteiger charge is -1.93. The maximum atomic E-state index is 4.71. The second kappa shape index (κ2) is 5.62. The Morgan fingerprint density at radius 2 is 2.44 bits per heavy atom. The molecule has 0 aromatic rings. The molecule has 0 atom stereocenters. The van der Waals surface area contributed by atoms with Crippen LogP contribution in [0.2, 0.25) is 0 Å². The summed E-state index contributed by atoms with van der Waals surface area (Å²) in [5.41, 5.74) is 0. The van der Waals surface area contributed by atoms with Crippen molar-refractivity contribution in [3.8, 4) is 0 Å². The molecule has 0 N–H and O–H groups in total. The number of hydrogen-bond donors (Lipinski definition) is 1. The van der Waals surface area contributed by atoms with Crippen molar-refractivity contribution in [3.05, 3.63) is 0 Å². The van der Waals surface area contributed by atoms with Gasteiger partial charge in [0.15, 0.2) is 5.84 Å². The topological polar surface area (TPSA) is 34.0 Å². The van der Waals surface area contributed by atoms with Crippen LogP contribution in [0.1, 0.15) is 6.92 Å². The highest BCUT2D eigenvalue weighted by molar-refractivity contribution is 7.80. The van der Waals surface area contributed by atoms with E-state index in [1.807, 2.05) is 0 Å². The van der Waals surface area contributed by atoms with Gasteiger partial charge in [-0.1, -0.05) is 5.16 Å². The zero-order chi connectivity index (χ0) is 7.11. The highest BCUT2D eigenvalue weighted by Gasteiger charge is 1.81. The molecule has 4 heteroatoms. The summed E-state index contributed by atoms with van der Waals surface area (Å²) >= 11 is 3.91. The van der Waals surface area contributed by atoms with E-state index in [1.165, 1.54) is 0 Å². The lowest BCUT2D eigenvalue weighted by molar-refractivity contribution is 0.161. The maximum Gasteiger partial charge on any atom is 0.163 e. The molecular formula is C5H10N2OS. The van der Waals surface area contributed by atoms with E-state index in [1.54, 1.807) is 6.92 Å². The van der Waals surface area contributed by atoms with Crippen molar-refractivity contribution in [3.63, 3.8) is 0 Å². The number of rotatable bonds is 3. The SMILES string of the molecule is C=N/C(C)=N\OCCS. The highest BCUT2D eigenvalue weighted by atomic mass is 32.1. The van der Waals surface area contributed by atoms with Gasteiger partial charge in [-0.3, -0.25) is 0 Å². The monoisotopic (exact) mass is 146 g/mol. The zero-order valence-electron chi connectivity index (χ0n) is 5.37. The zero-order valence-corrected chi connectivity index (χ0v) is 6.27. The van der Waals surface area contributed by atoms with E-state index in [4.69, 9.17) is 4.84 Å². The average Bonchev–Trinajstić information content (AvgIpc) is 1.89. The van der Waals surface area contributed by atoms with E-state index in [9.17, 15) is 0 Å². The molecule has 9 heavy (non-hydrogen) atoms. The Morgan fingerprint density at radius 3 is 2.89 bits per heavy atom. The molecule has 3 nitrogen and oxygen atoms in total. The van der Waals surface area contributed by atoms with Gasteiger partial charge in [0.1, 0.15) is 6.61 Å². The van der Waals surface area contributed by atoms with Crippen LogP contribution < -0.4 is 0 Å². The Bertz CT molecular complexity index is 114. The average molecular weight is 146 g/mol. The van der Waals surface area contributed by atoms with E-state index < -0.39 is 0 Å². The quantitative estimate of drug-likeness (QED) is 0.208. The molecule has 0 aromatic carbocycles. The van der Waals surface area contributed by atoms with Crippen molar-refractivity contribution in [2.24, 2.45) is 10.1 Å². The number of nitrogens with zero attached hydrogens (tertiary/aromatic N) is 2. The van der Waals surface area contributed by atoms with Gasteiger partial charge in [-0.05, 0) is 13.6 Å². The molecule has 0 heterocycles. The molecular weight excluding hydrogens is 136 g/mol. The summed E-state index contributed by atoms with van der Waals surface area (Å²) in [5.74, 6) is 1.20. The summed E-state index contributed by atoms with van der Waals surface area (Å²) in [6.07, 6.45) is 0. The minimum Gasteiger partial charge on any atom is -0.393 e. The molecule has 0 fully saturated rings. The second-order valence-electron chi connectivity index (χ2n) is 1.35. The van der Waals surface area contributed by atoms with Gasteiger partial charge in [-0.25, -0.2) is 4.99 Å². The van der Waals surface area contributed by atoms with Crippen LogP contribution in [0.4, 0.5) is 0 Å². The fraction of sp³-hybridized carbons (Fsp3) is 0.600. The van der Waals surface area contributed by atoms with Gasteiger partial charge < -0.3 is 4.84 Å². The third-order valence-electron chi connectivity index (χ3n) is 0.608. The molecule has 0 aromatic heterocycles. The molecule has 0 bridgehead atoms. The number of oxime groups is 1. The van der Waals surface area contributed by atoms with Crippen molar-refractivity contribution in [1.82, 2.24) is 0 Å². The molecule has 0 aliphatic heterocycles. The Morgan fingerprint density at radius 1 is 1.78 bits per heavy atom. The number of thiol groups is 1. The first-order valence-corrected chi connectivity index (χ1v) is 3.18. The Labute approximate surface area is 60.2 Å². The standard InChI is InChI=1S/C5H10N2OS/c1-5(6-2)7-8-3-4-9/h9H,2-4H2,1H3/b7-5-. The first-order chi connectivity index (χ1) is 4.31. The molecule has 0 radical (unpaired) electrons. The number of amidine groups is 1. The molecule has 0 aliphatic rings. The van der Waals surface area contributed by atoms with Gasteiger partial charge in [0.2, 0.25) is 0 Å². The fourth-order valence-electron chi connectivity index (χ4n) is 0.209. The van der Waals surface area contributed by atoms with E-state index in [0.29, 0.717) is 18.2 Å². The Kier molecular flexibility index (Phi) is 5.30. The van der Waals surface area contributed by atoms with Gasteiger partial charge >= 0.3 is 0 Å². The second-order valence-corrected chi connectivity index (χ2v) is 1.80. The molecule has 0 spiro atoms. The maximum absolute atomic E-state index is 4.71. The summed E-state index contributed by atoms with van der Waals surface area (Å²) in [6.45, 7) is 5.48. The summed E-state index contributed by atoms with van der Waals surface area (Å²) in [6, 6.07) is 0.